The van der Waals surface area contributed by atoms with Crippen LogP contribution in [0.1, 0.15) is 16.1 Å². The minimum absolute atomic E-state index is 0.157. The summed E-state index contributed by atoms with van der Waals surface area (Å²) in [7, 11) is 0. The van der Waals surface area contributed by atoms with Gasteiger partial charge in [0.25, 0.3) is 5.91 Å². The number of nitrogens with zero attached hydrogens (tertiary/aromatic N) is 1. The van der Waals surface area contributed by atoms with Gasteiger partial charge in [0.2, 0.25) is 0 Å². The molecule has 112 valence electrons. The average Bonchev–Trinajstić information content (AvgIpc) is 3.00. The smallest absolute Gasteiger partial charge is 0.272 e. The summed E-state index contributed by atoms with van der Waals surface area (Å²) in [6.07, 6.45) is 1.76. The molecule has 0 aliphatic heterocycles. The zero-order valence-electron chi connectivity index (χ0n) is 12.6. The summed E-state index contributed by atoms with van der Waals surface area (Å²) < 4.78 is 0. The van der Waals surface area contributed by atoms with Crippen LogP contribution in [0.3, 0.4) is 0 Å². The van der Waals surface area contributed by atoms with E-state index in [1.807, 2.05) is 61.5 Å². The second-order valence-electron chi connectivity index (χ2n) is 5.61. The quantitative estimate of drug-likeness (QED) is 0.580. The molecule has 0 saturated heterocycles. The van der Waals surface area contributed by atoms with Crippen molar-refractivity contribution in [3.05, 3.63) is 72.1 Å². The van der Waals surface area contributed by atoms with Gasteiger partial charge in [-0.1, -0.05) is 30.3 Å². The maximum absolute atomic E-state index is 12.5. The van der Waals surface area contributed by atoms with Crippen LogP contribution in [-0.4, -0.2) is 15.9 Å². The van der Waals surface area contributed by atoms with E-state index in [1.165, 1.54) is 0 Å². The lowest BCUT2D eigenvalue weighted by Crippen LogP contribution is -2.12. The van der Waals surface area contributed by atoms with Crippen molar-refractivity contribution in [1.82, 2.24) is 9.97 Å². The number of H-pyrrole nitrogens is 1. The van der Waals surface area contributed by atoms with Crippen molar-refractivity contribution in [3.8, 4) is 0 Å². The molecule has 4 rings (SSSR count). The summed E-state index contributed by atoms with van der Waals surface area (Å²) in [5.74, 6) is -0.157. The molecule has 2 N–H and O–H groups in total. The Balaban J connectivity index is 1.74. The van der Waals surface area contributed by atoms with E-state index >= 15 is 0 Å². The van der Waals surface area contributed by atoms with Crippen LogP contribution >= 0.6 is 0 Å². The van der Waals surface area contributed by atoms with Gasteiger partial charge in [-0.05, 0) is 36.8 Å². The standard InChI is InChI=1S/C19H15N3O/c1-12-4-2-6-15(10-12)21-19(23)16-11-14-8-7-13-5-3-9-20-17(13)18(14)22-16/h2-11,22H,1H3,(H,21,23). The molecule has 4 nitrogen and oxygen atoms in total. The largest absolute Gasteiger partial charge is 0.349 e. The van der Waals surface area contributed by atoms with Crippen molar-refractivity contribution in [2.45, 2.75) is 6.92 Å². The molecule has 0 spiro atoms. The Morgan fingerprint density at radius 1 is 1.04 bits per heavy atom. The average molecular weight is 301 g/mol. The van der Waals surface area contributed by atoms with E-state index in [2.05, 4.69) is 15.3 Å². The Hall–Kier alpha value is -3.14. The van der Waals surface area contributed by atoms with Gasteiger partial charge in [0.15, 0.2) is 0 Å². The van der Waals surface area contributed by atoms with Crippen LogP contribution in [0.5, 0.6) is 0 Å². The Morgan fingerprint density at radius 2 is 1.91 bits per heavy atom. The van der Waals surface area contributed by atoms with Crippen LogP contribution in [0, 0.1) is 6.92 Å². The SMILES string of the molecule is Cc1cccc(NC(=O)c2cc3ccc4cccnc4c3[nH]2)c1. The molecule has 4 heteroatoms. The molecule has 0 radical (unpaired) electrons. The number of carbonyl (C=O) groups is 1. The number of aromatic amines is 1. The van der Waals surface area contributed by atoms with Crippen molar-refractivity contribution in [1.29, 1.82) is 0 Å². The van der Waals surface area contributed by atoms with E-state index in [9.17, 15) is 4.79 Å². The van der Waals surface area contributed by atoms with Crippen LogP contribution in [0.4, 0.5) is 5.69 Å². The van der Waals surface area contributed by atoms with E-state index in [0.29, 0.717) is 5.69 Å². The lowest BCUT2D eigenvalue weighted by Gasteiger charge is -2.04. The van der Waals surface area contributed by atoms with Crippen molar-refractivity contribution in [2.24, 2.45) is 0 Å². The number of rotatable bonds is 2. The number of aromatic nitrogens is 2. The summed E-state index contributed by atoms with van der Waals surface area (Å²) in [5, 5.41) is 4.94. The maximum Gasteiger partial charge on any atom is 0.272 e. The van der Waals surface area contributed by atoms with E-state index < -0.39 is 0 Å². The van der Waals surface area contributed by atoms with Gasteiger partial charge in [-0.3, -0.25) is 9.78 Å². The lowest BCUT2D eigenvalue weighted by molar-refractivity contribution is 0.102. The van der Waals surface area contributed by atoms with Gasteiger partial charge in [0, 0.05) is 22.7 Å². The second-order valence-corrected chi connectivity index (χ2v) is 5.61. The number of amides is 1. The minimum atomic E-state index is -0.157. The van der Waals surface area contributed by atoms with Crippen LogP contribution in [0.2, 0.25) is 0 Å². The van der Waals surface area contributed by atoms with Crippen LogP contribution in [0.25, 0.3) is 21.8 Å². The maximum atomic E-state index is 12.5. The predicted molar refractivity (Wildman–Crippen MR) is 92.7 cm³/mol. The number of anilines is 1. The molecular weight excluding hydrogens is 286 g/mol. The number of aryl methyl sites for hydroxylation is 1. The summed E-state index contributed by atoms with van der Waals surface area (Å²) in [6, 6.07) is 17.5. The fourth-order valence-corrected chi connectivity index (χ4v) is 2.78. The van der Waals surface area contributed by atoms with Crippen LogP contribution in [-0.2, 0) is 0 Å². The molecule has 0 atom stereocenters. The van der Waals surface area contributed by atoms with Crippen molar-refractivity contribution in [3.63, 3.8) is 0 Å². The van der Waals surface area contributed by atoms with E-state index in [1.54, 1.807) is 6.20 Å². The van der Waals surface area contributed by atoms with Gasteiger partial charge in [0.05, 0.1) is 11.0 Å². The molecule has 0 aliphatic carbocycles. The topological polar surface area (TPSA) is 57.8 Å². The molecule has 2 aromatic carbocycles. The molecule has 1 amide bonds. The Bertz CT molecular complexity index is 1030. The van der Waals surface area contributed by atoms with Gasteiger partial charge in [-0.15, -0.1) is 0 Å². The first-order valence-corrected chi connectivity index (χ1v) is 7.45. The molecule has 4 aromatic rings. The van der Waals surface area contributed by atoms with E-state index in [4.69, 9.17) is 0 Å². The second kappa shape index (κ2) is 5.25. The number of fused-ring (bicyclic) bond motifs is 3. The number of pyridine rings is 1. The first-order valence-electron chi connectivity index (χ1n) is 7.45. The highest BCUT2D eigenvalue weighted by Crippen LogP contribution is 2.24. The van der Waals surface area contributed by atoms with Crippen molar-refractivity contribution in [2.75, 3.05) is 5.32 Å². The van der Waals surface area contributed by atoms with Gasteiger partial charge >= 0.3 is 0 Å². The highest BCUT2D eigenvalue weighted by atomic mass is 16.1. The van der Waals surface area contributed by atoms with Crippen LogP contribution in [0.15, 0.2) is 60.8 Å². The summed E-state index contributed by atoms with van der Waals surface area (Å²) in [6.45, 7) is 2.00. The molecule has 2 heterocycles. The molecule has 0 fully saturated rings. The van der Waals surface area contributed by atoms with Gasteiger partial charge < -0.3 is 10.3 Å². The summed E-state index contributed by atoms with van der Waals surface area (Å²) in [5.41, 5.74) is 4.18. The minimum Gasteiger partial charge on any atom is -0.349 e. The molecule has 23 heavy (non-hydrogen) atoms. The number of carbonyl (C=O) groups excluding carboxylic acids is 1. The predicted octanol–water partition coefficient (Wildman–Crippen LogP) is 4.28. The zero-order chi connectivity index (χ0) is 15.8. The molecule has 0 bridgehead atoms. The lowest BCUT2D eigenvalue weighted by atomic mass is 10.1. The molecule has 0 unspecified atom stereocenters. The first kappa shape index (κ1) is 13.5. The molecular formula is C19H15N3O. The van der Waals surface area contributed by atoms with E-state index in [-0.39, 0.29) is 5.91 Å². The van der Waals surface area contributed by atoms with Crippen LogP contribution < -0.4 is 5.32 Å². The van der Waals surface area contributed by atoms with Gasteiger partial charge in [-0.25, -0.2) is 0 Å². The van der Waals surface area contributed by atoms with Crippen molar-refractivity contribution < 1.29 is 4.79 Å². The number of hydrogen-bond acceptors (Lipinski definition) is 2. The highest BCUT2D eigenvalue weighted by Gasteiger charge is 2.12. The molecule has 0 saturated carbocycles. The third-order valence-corrected chi connectivity index (χ3v) is 3.89. The number of benzene rings is 2. The zero-order valence-corrected chi connectivity index (χ0v) is 12.6. The summed E-state index contributed by atoms with van der Waals surface area (Å²) >= 11 is 0. The third kappa shape index (κ3) is 2.44. The third-order valence-electron chi connectivity index (χ3n) is 3.89. The van der Waals surface area contributed by atoms with Gasteiger partial charge in [-0.2, -0.15) is 0 Å². The molecule has 0 aliphatic rings. The Morgan fingerprint density at radius 3 is 2.78 bits per heavy atom. The normalized spacial score (nSPS) is 11.0. The Labute approximate surface area is 133 Å². The van der Waals surface area contributed by atoms with Gasteiger partial charge in [0.1, 0.15) is 5.69 Å². The van der Waals surface area contributed by atoms with Crippen molar-refractivity contribution >= 4 is 33.4 Å². The first-order chi connectivity index (χ1) is 11.2. The number of nitrogens with one attached hydrogen (secondary N) is 2. The van der Waals surface area contributed by atoms with E-state index in [0.717, 1.165) is 33.1 Å². The molecule has 2 aromatic heterocycles. The highest BCUT2D eigenvalue weighted by molar-refractivity contribution is 6.10. The fraction of sp³-hybridized carbons (Fsp3) is 0.0526. The Kier molecular flexibility index (Phi) is 3.08. The summed E-state index contributed by atoms with van der Waals surface area (Å²) in [4.78, 5) is 20.1. The monoisotopic (exact) mass is 301 g/mol. The number of hydrogen-bond donors (Lipinski definition) is 2. The fourth-order valence-electron chi connectivity index (χ4n) is 2.78.